The predicted octanol–water partition coefficient (Wildman–Crippen LogP) is 2.34. The Hall–Kier alpha value is -2.14. The second kappa shape index (κ2) is 7.40. The summed E-state index contributed by atoms with van der Waals surface area (Å²) in [6.07, 6.45) is 5.69. The van der Waals surface area contributed by atoms with Crippen LogP contribution in [0.2, 0.25) is 5.02 Å². The molecule has 1 aliphatic carbocycles. The van der Waals surface area contributed by atoms with Gasteiger partial charge < -0.3 is 5.32 Å². The third kappa shape index (κ3) is 3.61. The van der Waals surface area contributed by atoms with E-state index >= 15 is 0 Å². The quantitative estimate of drug-likeness (QED) is 0.647. The number of nitrogens with one attached hydrogen (secondary N) is 1. The minimum atomic E-state index is -0.782. The maximum atomic E-state index is 12.5. The van der Waals surface area contributed by atoms with Gasteiger partial charge in [0.05, 0.1) is 11.8 Å². The Bertz CT molecular complexity index is 688. The molecule has 1 fully saturated rings. The molecular formula is C19H21ClN2O3. The molecule has 1 saturated heterocycles. The highest BCUT2D eigenvalue weighted by Crippen LogP contribution is 2.36. The van der Waals surface area contributed by atoms with Crippen molar-refractivity contribution in [3.63, 3.8) is 0 Å². The van der Waals surface area contributed by atoms with Gasteiger partial charge in [-0.05, 0) is 43.9 Å². The van der Waals surface area contributed by atoms with Crippen LogP contribution in [0.1, 0.15) is 25.3 Å². The van der Waals surface area contributed by atoms with Crippen molar-refractivity contribution in [3.8, 4) is 0 Å². The molecule has 0 bridgehead atoms. The van der Waals surface area contributed by atoms with Crippen molar-refractivity contribution in [1.29, 1.82) is 0 Å². The highest BCUT2D eigenvalue weighted by Gasteiger charge is 2.49. The predicted molar refractivity (Wildman–Crippen MR) is 94.8 cm³/mol. The molecule has 1 aromatic rings. The number of carbonyl (C=O) groups excluding carboxylic acids is 3. The zero-order chi connectivity index (χ0) is 18.0. The number of likely N-dealkylation sites (tertiary alicyclic amines) is 1. The van der Waals surface area contributed by atoms with E-state index in [9.17, 15) is 14.4 Å². The maximum absolute atomic E-state index is 12.5. The van der Waals surface area contributed by atoms with E-state index in [-0.39, 0.29) is 29.6 Å². The van der Waals surface area contributed by atoms with Crippen LogP contribution in [0.4, 0.5) is 0 Å². The maximum Gasteiger partial charge on any atom is 0.243 e. The highest BCUT2D eigenvalue weighted by molar-refractivity contribution is 6.30. The Morgan fingerprint density at radius 1 is 1.16 bits per heavy atom. The minimum Gasteiger partial charge on any atom is -0.354 e. The van der Waals surface area contributed by atoms with E-state index in [0.29, 0.717) is 30.8 Å². The zero-order valence-corrected chi connectivity index (χ0v) is 14.8. The van der Waals surface area contributed by atoms with Gasteiger partial charge in [-0.15, -0.1) is 0 Å². The van der Waals surface area contributed by atoms with Gasteiger partial charge in [-0.1, -0.05) is 35.9 Å². The summed E-state index contributed by atoms with van der Waals surface area (Å²) < 4.78 is 0. The third-order valence-corrected chi connectivity index (χ3v) is 5.19. The third-order valence-electron chi connectivity index (χ3n) is 4.93. The lowest BCUT2D eigenvalue weighted by Gasteiger charge is -2.22. The van der Waals surface area contributed by atoms with Gasteiger partial charge in [-0.2, -0.15) is 0 Å². The number of hydrogen-bond acceptors (Lipinski definition) is 3. The van der Waals surface area contributed by atoms with Crippen LogP contribution in [0.25, 0.3) is 0 Å². The molecule has 1 aliphatic heterocycles. The molecule has 1 N–H and O–H groups in total. The van der Waals surface area contributed by atoms with Gasteiger partial charge in [-0.3, -0.25) is 19.3 Å². The molecule has 1 heterocycles. The summed E-state index contributed by atoms with van der Waals surface area (Å²) in [6, 6.07) is 6.64. The molecule has 25 heavy (non-hydrogen) atoms. The number of allylic oxidation sites excluding steroid dienone is 2. The fourth-order valence-corrected chi connectivity index (χ4v) is 3.58. The smallest absolute Gasteiger partial charge is 0.243 e. The van der Waals surface area contributed by atoms with Crippen molar-refractivity contribution in [3.05, 3.63) is 47.0 Å². The van der Waals surface area contributed by atoms with Crippen molar-refractivity contribution in [2.45, 2.75) is 32.2 Å². The summed E-state index contributed by atoms with van der Waals surface area (Å²) >= 11 is 5.85. The second-order valence-corrected chi connectivity index (χ2v) is 6.98. The standard InChI is InChI=1S/C19H21ClN2O3/c1-12(17(23)21-11-10-13-6-8-14(20)9-7-13)22-18(24)15-4-2-3-5-16(15)19(22)25/h2-3,6-9,12,15-16H,4-5,10-11H2,1H3,(H,21,23)/t12-,15-,16+/m0/s1. The molecule has 3 amide bonds. The molecule has 6 heteroatoms. The number of halogens is 1. The largest absolute Gasteiger partial charge is 0.354 e. The summed E-state index contributed by atoms with van der Waals surface area (Å²) in [4.78, 5) is 38.5. The van der Waals surface area contributed by atoms with Crippen LogP contribution in [0.3, 0.4) is 0 Å². The molecule has 0 aromatic heterocycles. The van der Waals surface area contributed by atoms with Crippen LogP contribution in [-0.2, 0) is 20.8 Å². The van der Waals surface area contributed by atoms with E-state index in [4.69, 9.17) is 11.6 Å². The number of amides is 3. The van der Waals surface area contributed by atoms with Crippen LogP contribution in [-0.4, -0.2) is 35.2 Å². The summed E-state index contributed by atoms with van der Waals surface area (Å²) in [5.41, 5.74) is 1.06. The summed E-state index contributed by atoms with van der Waals surface area (Å²) in [7, 11) is 0. The Morgan fingerprint density at radius 3 is 2.28 bits per heavy atom. The molecule has 0 saturated carbocycles. The first kappa shape index (κ1) is 17.7. The first-order chi connectivity index (χ1) is 12.0. The van der Waals surface area contributed by atoms with Gasteiger partial charge >= 0.3 is 0 Å². The Labute approximate surface area is 152 Å². The summed E-state index contributed by atoms with van der Waals surface area (Å²) in [5.74, 6) is -1.36. The van der Waals surface area contributed by atoms with Crippen LogP contribution in [0.5, 0.6) is 0 Å². The fourth-order valence-electron chi connectivity index (χ4n) is 3.45. The van der Waals surface area contributed by atoms with Gasteiger partial charge in [0.2, 0.25) is 17.7 Å². The van der Waals surface area contributed by atoms with Crippen molar-refractivity contribution in [2.24, 2.45) is 11.8 Å². The molecule has 0 spiro atoms. The number of imide groups is 1. The van der Waals surface area contributed by atoms with Crippen LogP contribution >= 0.6 is 11.6 Å². The number of nitrogens with zero attached hydrogens (tertiary/aromatic N) is 1. The van der Waals surface area contributed by atoms with Gasteiger partial charge in [0.15, 0.2) is 0 Å². The number of benzene rings is 1. The molecule has 0 unspecified atom stereocenters. The minimum absolute atomic E-state index is 0.222. The van der Waals surface area contributed by atoms with Crippen molar-refractivity contribution < 1.29 is 14.4 Å². The van der Waals surface area contributed by atoms with Gasteiger partial charge in [0.1, 0.15) is 6.04 Å². The lowest BCUT2D eigenvalue weighted by Crippen LogP contribution is -2.48. The number of rotatable bonds is 5. The molecule has 0 radical (unpaired) electrons. The fraction of sp³-hybridized carbons (Fsp3) is 0.421. The molecule has 5 nitrogen and oxygen atoms in total. The zero-order valence-electron chi connectivity index (χ0n) is 14.1. The van der Waals surface area contributed by atoms with E-state index < -0.39 is 6.04 Å². The first-order valence-electron chi connectivity index (χ1n) is 8.53. The molecular weight excluding hydrogens is 340 g/mol. The molecule has 3 rings (SSSR count). The van der Waals surface area contributed by atoms with Gasteiger partial charge in [0.25, 0.3) is 0 Å². The topological polar surface area (TPSA) is 66.5 Å². The van der Waals surface area contributed by atoms with Gasteiger partial charge in [-0.25, -0.2) is 0 Å². The second-order valence-electron chi connectivity index (χ2n) is 6.55. The summed E-state index contributed by atoms with van der Waals surface area (Å²) in [6.45, 7) is 2.05. The molecule has 1 aromatic carbocycles. The van der Waals surface area contributed by atoms with E-state index in [1.165, 1.54) is 0 Å². The normalized spacial score (nSPS) is 23.5. The van der Waals surface area contributed by atoms with Crippen molar-refractivity contribution >= 4 is 29.3 Å². The Kier molecular flexibility index (Phi) is 5.23. The van der Waals surface area contributed by atoms with E-state index in [1.807, 2.05) is 24.3 Å². The molecule has 3 atom stereocenters. The Balaban J connectivity index is 1.56. The number of hydrogen-bond donors (Lipinski definition) is 1. The van der Waals surface area contributed by atoms with Crippen molar-refractivity contribution in [1.82, 2.24) is 10.2 Å². The number of carbonyl (C=O) groups is 3. The highest BCUT2D eigenvalue weighted by atomic mass is 35.5. The van der Waals surface area contributed by atoms with Crippen molar-refractivity contribution in [2.75, 3.05) is 6.54 Å². The van der Waals surface area contributed by atoms with Crippen LogP contribution < -0.4 is 5.32 Å². The first-order valence-corrected chi connectivity index (χ1v) is 8.91. The lowest BCUT2D eigenvalue weighted by atomic mass is 9.85. The van der Waals surface area contributed by atoms with Crippen LogP contribution in [0.15, 0.2) is 36.4 Å². The monoisotopic (exact) mass is 360 g/mol. The lowest BCUT2D eigenvalue weighted by molar-refractivity contribution is -0.147. The van der Waals surface area contributed by atoms with E-state index in [0.717, 1.165) is 10.5 Å². The van der Waals surface area contributed by atoms with Crippen LogP contribution in [0, 0.1) is 11.8 Å². The van der Waals surface area contributed by atoms with Gasteiger partial charge in [0, 0.05) is 11.6 Å². The molecule has 132 valence electrons. The summed E-state index contributed by atoms with van der Waals surface area (Å²) in [5, 5.41) is 3.48. The molecule has 2 aliphatic rings. The SMILES string of the molecule is C[C@@H](C(=O)NCCc1ccc(Cl)cc1)N1C(=O)[C@H]2CC=CC[C@H]2C1=O. The average Bonchev–Trinajstić information content (AvgIpc) is 2.87. The van der Waals surface area contributed by atoms with E-state index in [1.54, 1.807) is 19.1 Å². The Morgan fingerprint density at radius 2 is 1.72 bits per heavy atom. The average molecular weight is 361 g/mol. The number of fused-ring (bicyclic) bond motifs is 1. The van der Waals surface area contributed by atoms with E-state index in [2.05, 4.69) is 5.32 Å².